The number of ether oxygens (including phenoxy) is 2. The van der Waals surface area contributed by atoms with E-state index < -0.39 is 0 Å². The molecule has 140 valence electrons. The number of likely N-dealkylation sites (tertiary alicyclic amines) is 1. The van der Waals surface area contributed by atoms with E-state index in [0.29, 0.717) is 17.5 Å². The summed E-state index contributed by atoms with van der Waals surface area (Å²) in [6, 6.07) is 16.2. The van der Waals surface area contributed by atoms with Crippen LogP contribution in [0, 0.1) is 11.3 Å². The Kier molecular flexibility index (Phi) is 5.11. The topological polar surface area (TPSA) is 58.4 Å². The van der Waals surface area contributed by atoms with Crippen molar-refractivity contribution in [3.63, 3.8) is 0 Å². The third-order valence-corrected chi connectivity index (χ3v) is 6.05. The van der Waals surface area contributed by atoms with Gasteiger partial charge in [0.25, 0.3) is 0 Å². The van der Waals surface area contributed by atoms with Gasteiger partial charge in [0.1, 0.15) is 6.10 Å². The molecule has 1 aromatic carbocycles. The predicted octanol–water partition coefficient (Wildman–Crippen LogP) is 3.54. The van der Waals surface area contributed by atoms with Crippen LogP contribution in [-0.2, 0) is 11.3 Å². The van der Waals surface area contributed by atoms with Crippen LogP contribution in [0.5, 0.6) is 5.88 Å². The SMILES string of the molecule is CO[C@@]12CC[C@@H](Oc3ccccn3)C[C@@H]1N(Cc1ccc(C#N)cc1)CC2. The zero-order valence-electron chi connectivity index (χ0n) is 15.7. The van der Waals surface area contributed by atoms with Gasteiger partial charge in [0, 0.05) is 44.9 Å². The van der Waals surface area contributed by atoms with Crippen LogP contribution in [0.15, 0.2) is 48.7 Å². The van der Waals surface area contributed by atoms with Gasteiger partial charge in [0.2, 0.25) is 5.88 Å². The molecule has 2 heterocycles. The second-order valence-electron chi connectivity index (χ2n) is 7.50. The lowest BCUT2D eigenvalue weighted by Gasteiger charge is -2.43. The van der Waals surface area contributed by atoms with Crippen molar-refractivity contribution < 1.29 is 9.47 Å². The highest BCUT2D eigenvalue weighted by Crippen LogP contribution is 2.43. The lowest BCUT2D eigenvalue weighted by Crippen LogP contribution is -2.52. The summed E-state index contributed by atoms with van der Waals surface area (Å²) >= 11 is 0. The Morgan fingerprint density at radius 2 is 2.07 bits per heavy atom. The number of rotatable bonds is 5. The van der Waals surface area contributed by atoms with Crippen molar-refractivity contribution in [3.8, 4) is 11.9 Å². The zero-order chi connectivity index (χ0) is 18.7. The standard InChI is InChI=1S/C22H25N3O2/c1-26-22-10-9-19(27-21-4-2-3-12-24-21)14-20(22)25(13-11-22)16-18-7-5-17(15-23)6-8-18/h2-8,12,19-20H,9-11,13-14,16H2,1H3/t19-,20+,22-/m1/s1. The molecule has 0 spiro atoms. The molecule has 5 heteroatoms. The van der Waals surface area contributed by atoms with E-state index in [1.54, 1.807) is 6.20 Å². The number of pyridine rings is 1. The lowest BCUT2D eigenvalue weighted by atomic mass is 9.79. The molecule has 27 heavy (non-hydrogen) atoms. The molecule has 4 rings (SSSR count). The average Bonchev–Trinajstić information content (AvgIpc) is 3.08. The fourth-order valence-electron chi connectivity index (χ4n) is 4.56. The molecule has 0 radical (unpaired) electrons. The summed E-state index contributed by atoms with van der Waals surface area (Å²) in [7, 11) is 1.85. The van der Waals surface area contributed by atoms with Gasteiger partial charge in [0.15, 0.2) is 0 Å². The second-order valence-corrected chi connectivity index (χ2v) is 7.50. The number of nitriles is 1. The van der Waals surface area contributed by atoms with Crippen molar-refractivity contribution in [1.29, 1.82) is 5.26 Å². The van der Waals surface area contributed by atoms with E-state index in [9.17, 15) is 0 Å². The zero-order valence-corrected chi connectivity index (χ0v) is 15.7. The number of hydrogen-bond acceptors (Lipinski definition) is 5. The number of hydrogen-bond donors (Lipinski definition) is 0. The highest BCUT2D eigenvalue weighted by atomic mass is 16.5. The Hall–Kier alpha value is -2.42. The first kappa shape index (κ1) is 18.0. The molecular weight excluding hydrogens is 338 g/mol. The maximum Gasteiger partial charge on any atom is 0.213 e. The molecule has 0 bridgehead atoms. The van der Waals surface area contributed by atoms with Crippen LogP contribution in [0.1, 0.15) is 36.8 Å². The van der Waals surface area contributed by atoms with Crippen molar-refractivity contribution in [2.45, 2.75) is 50.0 Å². The Balaban J connectivity index is 1.47. The number of nitrogens with zero attached hydrogens (tertiary/aromatic N) is 3. The highest BCUT2D eigenvalue weighted by Gasteiger charge is 2.51. The smallest absolute Gasteiger partial charge is 0.213 e. The molecule has 2 aliphatic rings. The molecule has 1 saturated carbocycles. The second kappa shape index (κ2) is 7.67. The third-order valence-electron chi connectivity index (χ3n) is 6.05. The minimum absolute atomic E-state index is 0.0728. The Bertz CT molecular complexity index is 803. The van der Waals surface area contributed by atoms with E-state index in [1.165, 1.54) is 5.56 Å². The minimum atomic E-state index is -0.0728. The summed E-state index contributed by atoms with van der Waals surface area (Å²) in [6.45, 7) is 1.90. The van der Waals surface area contributed by atoms with Crippen LogP contribution in [0.3, 0.4) is 0 Å². The third kappa shape index (κ3) is 3.69. The summed E-state index contributed by atoms with van der Waals surface area (Å²) in [5.41, 5.74) is 1.86. The summed E-state index contributed by atoms with van der Waals surface area (Å²) in [6.07, 6.45) is 5.93. The first-order valence-electron chi connectivity index (χ1n) is 9.58. The molecule has 0 unspecified atom stereocenters. The molecule has 1 aromatic heterocycles. The van der Waals surface area contributed by atoms with Gasteiger partial charge in [-0.15, -0.1) is 0 Å². The summed E-state index contributed by atoms with van der Waals surface area (Å²) in [5, 5.41) is 8.99. The molecule has 2 fully saturated rings. The number of fused-ring (bicyclic) bond motifs is 1. The molecule has 5 nitrogen and oxygen atoms in total. The monoisotopic (exact) mass is 363 g/mol. The van der Waals surface area contributed by atoms with Crippen LogP contribution in [0.25, 0.3) is 0 Å². The molecule has 1 aliphatic carbocycles. The van der Waals surface area contributed by atoms with Crippen LogP contribution in [-0.4, -0.2) is 41.3 Å². The van der Waals surface area contributed by atoms with Crippen molar-refractivity contribution in [2.24, 2.45) is 0 Å². The van der Waals surface area contributed by atoms with Gasteiger partial charge in [-0.25, -0.2) is 4.98 Å². The van der Waals surface area contributed by atoms with Crippen molar-refractivity contribution in [2.75, 3.05) is 13.7 Å². The molecule has 1 aliphatic heterocycles. The summed E-state index contributed by atoms with van der Waals surface area (Å²) in [4.78, 5) is 6.82. The molecule has 0 amide bonds. The summed E-state index contributed by atoms with van der Waals surface area (Å²) in [5.74, 6) is 0.698. The van der Waals surface area contributed by atoms with E-state index in [-0.39, 0.29) is 11.7 Å². The number of aromatic nitrogens is 1. The van der Waals surface area contributed by atoms with Gasteiger partial charge in [-0.05, 0) is 43.0 Å². The molecule has 3 atom stereocenters. The average molecular weight is 363 g/mol. The van der Waals surface area contributed by atoms with Crippen LogP contribution < -0.4 is 4.74 Å². The van der Waals surface area contributed by atoms with Crippen molar-refractivity contribution in [1.82, 2.24) is 9.88 Å². The fourth-order valence-corrected chi connectivity index (χ4v) is 4.56. The Morgan fingerprint density at radius 3 is 2.78 bits per heavy atom. The first-order valence-corrected chi connectivity index (χ1v) is 9.58. The van der Waals surface area contributed by atoms with Crippen molar-refractivity contribution >= 4 is 0 Å². The lowest BCUT2D eigenvalue weighted by molar-refractivity contribution is -0.0843. The van der Waals surface area contributed by atoms with Crippen LogP contribution in [0.4, 0.5) is 0 Å². The highest BCUT2D eigenvalue weighted by molar-refractivity contribution is 5.31. The Labute approximate surface area is 160 Å². The van der Waals surface area contributed by atoms with Gasteiger partial charge in [-0.2, -0.15) is 5.26 Å². The van der Waals surface area contributed by atoms with Gasteiger partial charge >= 0.3 is 0 Å². The summed E-state index contributed by atoms with van der Waals surface area (Å²) < 4.78 is 12.2. The van der Waals surface area contributed by atoms with E-state index in [4.69, 9.17) is 14.7 Å². The predicted molar refractivity (Wildman–Crippen MR) is 102 cm³/mol. The van der Waals surface area contributed by atoms with E-state index >= 15 is 0 Å². The van der Waals surface area contributed by atoms with E-state index in [2.05, 4.69) is 28.1 Å². The normalized spacial score (nSPS) is 27.7. The fraction of sp³-hybridized carbons (Fsp3) is 0.455. The van der Waals surface area contributed by atoms with Crippen LogP contribution in [0.2, 0.25) is 0 Å². The van der Waals surface area contributed by atoms with Gasteiger partial charge in [-0.1, -0.05) is 18.2 Å². The molecule has 1 saturated heterocycles. The van der Waals surface area contributed by atoms with Gasteiger partial charge < -0.3 is 9.47 Å². The van der Waals surface area contributed by atoms with Crippen LogP contribution >= 0.6 is 0 Å². The largest absolute Gasteiger partial charge is 0.474 e. The van der Waals surface area contributed by atoms with E-state index in [0.717, 1.165) is 38.8 Å². The number of benzene rings is 1. The molecule has 0 N–H and O–H groups in total. The van der Waals surface area contributed by atoms with Gasteiger partial charge in [-0.3, -0.25) is 4.90 Å². The maximum absolute atomic E-state index is 8.99. The molecule has 2 aromatic rings. The Morgan fingerprint density at radius 1 is 1.22 bits per heavy atom. The maximum atomic E-state index is 8.99. The first-order chi connectivity index (χ1) is 13.2. The number of methoxy groups -OCH3 is 1. The van der Waals surface area contributed by atoms with Gasteiger partial charge in [0.05, 0.1) is 17.2 Å². The van der Waals surface area contributed by atoms with E-state index in [1.807, 2.05) is 37.4 Å². The minimum Gasteiger partial charge on any atom is -0.474 e. The quantitative estimate of drug-likeness (QED) is 0.813. The molecular formula is C22H25N3O2. The van der Waals surface area contributed by atoms with Crippen molar-refractivity contribution in [3.05, 3.63) is 59.8 Å².